The van der Waals surface area contributed by atoms with Crippen LogP contribution < -0.4 is 10.9 Å². The van der Waals surface area contributed by atoms with Crippen LogP contribution in [0.15, 0.2) is 16.9 Å². The lowest BCUT2D eigenvalue weighted by Gasteiger charge is -2.37. The third-order valence-corrected chi connectivity index (χ3v) is 3.53. The van der Waals surface area contributed by atoms with Crippen LogP contribution in [0.1, 0.15) is 29.9 Å². The first-order valence-corrected chi connectivity index (χ1v) is 6.53. The molecule has 1 aliphatic heterocycles. The molecule has 1 saturated heterocycles. The molecule has 2 heterocycles. The Morgan fingerprint density at radius 3 is 2.68 bits per heavy atom. The SMILES string of the molecule is CCn1c(C)ccc(C(=O)NCC2(C)COC2)c1=O. The topological polar surface area (TPSA) is 60.3 Å². The summed E-state index contributed by atoms with van der Waals surface area (Å²) in [5, 5.41) is 2.82. The van der Waals surface area contributed by atoms with Gasteiger partial charge in [0.2, 0.25) is 0 Å². The first-order valence-electron chi connectivity index (χ1n) is 6.53. The van der Waals surface area contributed by atoms with Gasteiger partial charge < -0.3 is 14.6 Å². The molecule has 0 saturated carbocycles. The predicted octanol–water partition coefficient (Wildman–Crippen LogP) is 0.943. The molecule has 0 atom stereocenters. The number of rotatable bonds is 4. The summed E-state index contributed by atoms with van der Waals surface area (Å²) < 4.78 is 6.73. The fourth-order valence-electron chi connectivity index (χ4n) is 2.18. The molecule has 1 aromatic rings. The Labute approximate surface area is 112 Å². The quantitative estimate of drug-likeness (QED) is 0.880. The lowest BCUT2D eigenvalue weighted by molar-refractivity contribution is -0.0978. The van der Waals surface area contributed by atoms with Crippen molar-refractivity contribution in [1.82, 2.24) is 9.88 Å². The van der Waals surface area contributed by atoms with E-state index in [-0.39, 0.29) is 22.4 Å². The van der Waals surface area contributed by atoms with Crippen molar-refractivity contribution in [3.8, 4) is 0 Å². The van der Waals surface area contributed by atoms with Crippen molar-refractivity contribution >= 4 is 5.91 Å². The minimum Gasteiger partial charge on any atom is -0.380 e. The first kappa shape index (κ1) is 13.8. The van der Waals surface area contributed by atoms with Crippen LogP contribution in [-0.2, 0) is 11.3 Å². The number of carbonyl (C=O) groups is 1. The maximum atomic E-state index is 12.1. The van der Waals surface area contributed by atoms with E-state index in [1.165, 1.54) is 0 Å². The number of carbonyl (C=O) groups excluding carboxylic acids is 1. The van der Waals surface area contributed by atoms with Crippen molar-refractivity contribution < 1.29 is 9.53 Å². The molecule has 5 heteroatoms. The van der Waals surface area contributed by atoms with Gasteiger partial charge in [0.1, 0.15) is 5.56 Å². The van der Waals surface area contributed by atoms with E-state index in [0.29, 0.717) is 26.3 Å². The third-order valence-electron chi connectivity index (χ3n) is 3.53. The highest BCUT2D eigenvalue weighted by Crippen LogP contribution is 2.25. The Hall–Kier alpha value is -1.62. The number of amides is 1. The molecule has 0 radical (unpaired) electrons. The van der Waals surface area contributed by atoms with E-state index in [4.69, 9.17) is 4.74 Å². The zero-order valence-electron chi connectivity index (χ0n) is 11.7. The molecule has 1 aromatic heterocycles. The van der Waals surface area contributed by atoms with Gasteiger partial charge in [-0.1, -0.05) is 6.92 Å². The van der Waals surface area contributed by atoms with Crippen molar-refractivity contribution in [1.29, 1.82) is 0 Å². The van der Waals surface area contributed by atoms with Gasteiger partial charge in [-0.25, -0.2) is 0 Å². The molecule has 1 aliphatic rings. The van der Waals surface area contributed by atoms with E-state index in [2.05, 4.69) is 12.2 Å². The standard InChI is InChI=1S/C14H20N2O3/c1-4-16-10(2)5-6-11(13(16)18)12(17)15-7-14(3)8-19-9-14/h5-6H,4,7-9H2,1-3H3,(H,15,17). The van der Waals surface area contributed by atoms with E-state index in [1.54, 1.807) is 16.7 Å². The highest BCUT2D eigenvalue weighted by atomic mass is 16.5. The second-order valence-electron chi connectivity index (χ2n) is 5.42. The van der Waals surface area contributed by atoms with Crippen LogP contribution in [0.3, 0.4) is 0 Å². The third kappa shape index (κ3) is 2.71. The number of nitrogens with one attached hydrogen (secondary N) is 1. The number of nitrogens with zero attached hydrogens (tertiary/aromatic N) is 1. The molecule has 0 unspecified atom stereocenters. The molecule has 5 nitrogen and oxygen atoms in total. The van der Waals surface area contributed by atoms with E-state index >= 15 is 0 Å². The second kappa shape index (κ2) is 5.17. The average Bonchev–Trinajstić information content (AvgIpc) is 2.34. The average molecular weight is 264 g/mol. The van der Waals surface area contributed by atoms with Crippen molar-refractivity contribution in [2.75, 3.05) is 19.8 Å². The van der Waals surface area contributed by atoms with Crippen LogP contribution in [0.4, 0.5) is 0 Å². The number of pyridine rings is 1. The first-order chi connectivity index (χ1) is 8.97. The monoisotopic (exact) mass is 264 g/mol. The summed E-state index contributed by atoms with van der Waals surface area (Å²) in [5.74, 6) is -0.305. The van der Waals surface area contributed by atoms with Crippen molar-refractivity contribution in [2.45, 2.75) is 27.3 Å². The van der Waals surface area contributed by atoms with Crippen molar-refractivity contribution in [3.05, 3.63) is 33.7 Å². The van der Waals surface area contributed by atoms with Crippen LogP contribution >= 0.6 is 0 Å². The molecular formula is C14H20N2O3. The number of ether oxygens (including phenoxy) is 1. The summed E-state index contributed by atoms with van der Waals surface area (Å²) in [4.78, 5) is 24.2. The summed E-state index contributed by atoms with van der Waals surface area (Å²) >= 11 is 0. The molecule has 2 rings (SSSR count). The minimum absolute atomic E-state index is 0.00410. The van der Waals surface area contributed by atoms with Crippen molar-refractivity contribution in [2.24, 2.45) is 5.41 Å². The molecule has 104 valence electrons. The molecule has 1 amide bonds. The van der Waals surface area contributed by atoms with Crippen LogP contribution in [-0.4, -0.2) is 30.2 Å². The van der Waals surface area contributed by atoms with Gasteiger partial charge in [-0.05, 0) is 26.0 Å². The van der Waals surface area contributed by atoms with Gasteiger partial charge in [0.15, 0.2) is 0 Å². The zero-order chi connectivity index (χ0) is 14.0. The van der Waals surface area contributed by atoms with Crippen LogP contribution in [0.5, 0.6) is 0 Å². The van der Waals surface area contributed by atoms with E-state index in [1.807, 2.05) is 13.8 Å². The molecule has 1 N–H and O–H groups in total. The van der Waals surface area contributed by atoms with Gasteiger partial charge in [0.25, 0.3) is 11.5 Å². The molecule has 0 aliphatic carbocycles. The maximum absolute atomic E-state index is 12.1. The van der Waals surface area contributed by atoms with E-state index < -0.39 is 0 Å². The number of hydrogen-bond donors (Lipinski definition) is 1. The van der Waals surface area contributed by atoms with Crippen LogP contribution in [0, 0.1) is 12.3 Å². The Morgan fingerprint density at radius 1 is 1.47 bits per heavy atom. The van der Waals surface area contributed by atoms with E-state index in [9.17, 15) is 9.59 Å². The smallest absolute Gasteiger partial charge is 0.263 e. The summed E-state index contributed by atoms with van der Waals surface area (Å²) in [6.07, 6.45) is 0. The fraction of sp³-hybridized carbons (Fsp3) is 0.571. The Balaban J connectivity index is 2.13. The Kier molecular flexibility index (Phi) is 3.75. The molecule has 0 spiro atoms. The van der Waals surface area contributed by atoms with Gasteiger partial charge in [0.05, 0.1) is 13.2 Å². The van der Waals surface area contributed by atoms with Gasteiger partial charge in [0, 0.05) is 24.2 Å². The number of hydrogen-bond acceptors (Lipinski definition) is 3. The van der Waals surface area contributed by atoms with E-state index in [0.717, 1.165) is 5.69 Å². The molecule has 0 aromatic carbocycles. The molecule has 1 fully saturated rings. The van der Waals surface area contributed by atoms with Gasteiger partial charge in [-0.15, -0.1) is 0 Å². The van der Waals surface area contributed by atoms with Crippen LogP contribution in [0.2, 0.25) is 0 Å². The Morgan fingerprint density at radius 2 is 2.16 bits per heavy atom. The molecular weight excluding hydrogens is 244 g/mol. The van der Waals surface area contributed by atoms with Gasteiger partial charge >= 0.3 is 0 Å². The molecule has 0 bridgehead atoms. The fourth-order valence-corrected chi connectivity index (χ4v) is 2.18. The maximum Gasteiger partial charge on any atom is 0.263 e. The highest BCUT2D eigenvalue weighted by molar-refractivity contribution is 5.93. The summed E-state index contributed by atoms with van der Waals surface area (Å²) in [6.45, 7) is 8.21. The minimum atomic E-state index is -0.305. The summed E-state index contributed by atoms with van der Waals surface area (Å²) in [6, 6.07) is 3.40. The van der Waals surface area contributed by atoms with Gasteiger partial charge in [-0.2, -0.15) is 0 Å². The Bertz CT molecular complexity index is 544. The zero-order valence-corrected chi connectivity index (χ0v) is 11.7. The lowest BCUT2D eigenvalue weighted by atomic mass is 9.89. The van der Waals surface area contributed by atoms with Gasteiger partial charge in [-0.3, -0.25) is 9.59 Å². The normalized spacial score (nSPS) is 16.8. The predicted molar refractivity (Wildman–Crippen MR) is 72.4 cm³/mol. The number of aryl methyl sites for hydroxylation is 1. The second-order valence-corrected chi connectivity index (χ2v) is 5.42. The number of aromatic nitrogens is 1. The summed E-state index contributed by atoms with van der Waals surface area (Å²) in [5.41, 5.74) is 0.846. The lowest BCUT2D eigenvalue weighted by Crippen LogP contribution is -2.49. The highest BCUT2D eigenvalue weighted by Gasteiger charge is 2.33. The largest absolute Gasteiger partial charge is 0.380 e. The van der Waals surface area contributed by atoms with Crippen LogP contribution in [0.25, 0.3) is 0 Å². The van der Waals surface area contributed by atoms with Crippen molar-refractivity contribution in [3.63, 3.8) is 0 Å². The summed E-state index contributed by atoms with van der Waals surface area (Å²) in [7, 11) is 0. The molecule has 19 heavy (non-hydrogen) atoms.